The summed E-state index contributed by atoms with van der Waals surface area (Å²) in [6.45, 7) is 9.06. The Labute approximate surface area is 109 Å². The van der Waals surface area contributed by atoms with E-state index >= 15 is 0 Å². The van der Waals surface area contributed by atoms with Gasteiger partial charge in [0.25, 0.3) is 0 Å². The van der Waals surface area contributed by atoms with Gasteiger partial charge < -0.3 is 10.6 Å². The summed E-state index contributed by atoms with van der Waals surface area (Å²) in [4.78, 5) is 12.4. The SMILES string of the molecule is CCC1(C(=O)NCC(C)(C)SC)CCCNC1. The largest absolute Gasteiger partial charge is 0.354 e. The van der Waals surface area contributed by atoms with Crippen LogP contribution in [0.5, 0.6) is 0 Å². The van der Waals surface area contributed by atoms with Crippen LogP contribution in [0.3, 0.4) is 0 Å². The number of nitrogens with one attached hydrogen (secondary N) is 2. The summed E-state index contributed by atoms with van der Waals surface area (Å²) in [5, 5.41) is 6.49. The lowest BCUT2D eigenvalue weighted by molar-refractivity contribution is -0.132. The standard InChI is InChI=1S/C13H26N2OS/c1-5-13(7-6-8-14-10-13)11(16)15-9-12(2,3)17-4/h14H,5-10H2,1-4H3,(H,15,16). The molecule has 0 saturated carbocycles. The molecular weight excluding hydrogens is 232 g/mol. The van der Waals surface area contributed by atoms with Crippen molar-refractivity contribution >= 4 is 17.7 Å². The zero-order chi connectivity index (χ0) is 12.9. The van der Waals surface area contributed by atoms with Crippen molar-refractivity contribution in [2.45, 2.75) is 44.8 Å². The molecule has 100 valence electrons. The third-order valence-corrected chi connectivity index (χ3v) is 5.11. The van der Waals surface area contributed by atoms with Gasteiger partial charge in [0.2, 0.25) is 5.91 Å². The van der Waals surface area contributed by atoms with Gasteiger partial charge in [-0.05, 0) is 45.9 Å². The van der Waals surface area contributed by atoms with Gasteiger partial charge in [0.15, 0.2) is 0 Å². The van der Waals surface area contributed by atoms with Crippen LogP contribution in [0.4, 0.5) is 0 Å². The molecule has 1 atom stereocenters. The van der Waals surface area contributed by atoms with Crippen LogP contribution in [0.25, 0.3) is 0 Å². The van der Waals surface area contributed by atoms with Crippen LogP contribution in [0, 0.1) is 5.41 Å². The third-order valence-electron chi connectivity index (χ3n) is 3.86. The average Bonchev–Trinajstić information content (AvgIpc) is 2.37. The number of amides is 1. The van der Waals surface area contributed by atoms with Gasteiger partial charge in [0.05, 0.1) is 5.41 Å². The topological polar surface area (TPSA) is 41.1 Å². The van der Waals surface area contributed by atoms with Crippen molar-refractivity contribution in [2.24, 2.45) is 5.41 Å². The zero-order valence-electron chi connectivity index (χ0n) is 11.6. The molecule has 1 saturated heterocycles. The minimum atomic E-state index is -0.174. The van der Waals surface area contributed by atoms with E-state index in [0.717, 1.165) is 38.9 Å². The Morgan fingerprint density at radius 1 is 1.53 bits per heavy atom. The summed E-state index contributed by atoms with van der Waals surface area (Å²) in [5.41, 5.74) is -0.174. The van der Waals surface area contributed by atoms with Gasteiger partial charge in [-0.1, -0.05) is 6.92 Å². The van der Waals surface area contributed by atoms with Crippen LogP contribution in [0.15, 0.2) is 0 Å². The lowest BCUT2D eigenvalue weighted by Gasteiger charge is -2.36. The van der Waals surface area contributed by atoms with Gasteiger partial charge in [0.1, 0.15) is 0 Å². The molecule has 17 heavy (non-hydrogen) atoms. The molecule has 0 aromatic carbocycles. The van der Waals surface area contributed by atoms with Crippen molar-refractivity contribution in [3.63, 3.8) is 0 Å². The number of rotatable bonds is 5. The van der Waals surface area contributed by atoms with Gasteiger partial charge in [-0.25, -0.2) is 0 Å². The van der Waals surface area contributed by atoms with E-state index in [1.807, 2.05) is 0 Å². The minimum Gasteiger partial charge on any atom is -0.354 e. The fraction of sp³-hybridized carbons (Fsp3) is 0.923. The van der Waals surface area contributed by atoms with Crippen molar-refractivity contribution in [3.05, 3.63) is 0 Å². The van der Waals surface area contributed by atoms with Crippen LogP contribution >= 0.6 is 11.8 Å². The molecule has 4 heteroatoms. The van der Waals surface area contributed by atoms with E-state index in [1.165, 1.54) is 0 Å². The Bertz CT molecular complexity index is 260. The summed E-state index contributed by atoms with van der Waals surface area (Å²) < 4.78 is 0.118. The number of thioether (sulfide) groups is 1. The van der Waals surface area contributed by atoms with Crippen molar-refractivity contribution in [1.82, 2.24) is 10.6 Å². The molecule has 0 radical (unpaired) electrons. The number of carbonyl (C=O) groups excluding carboxylic acids is 1. The molecule has 1 amide bonds. The molecule has 3 nitrogen and oxygen atoms in total. The molecule has 0 aliphatic carbocycles. The third kappa shape index (κ3) is 3.88. The van der Waals surface area contributed by atoms with Crippen LogP contribution < -0.4 is 10.6 Å². The van der Waals surface area contributed by atoms with Gasteiger partial charge in [-0.2, -0.15) is 11.8 Å². The van der Waals surface area contributed by atoms with Crippen molar-refractivity contribution in [3.8, 4) is 0 Å². The van der Waals surface area contributed by atoms with E-state index in [0.29, 0.717) is 0 Å². The molecule has 0 bridgehead atoms. The first kappa shape index (κ1) is 14.8. The van der Waals surface area contributed by atoms with Crippen molar-refractivity contribution in [1.29, 1.82) is 0 Å². The minimum absolute atomic E-state index is 0.118. The average molecular weight is 258 g/mol. The molecule has 0 aromatic rings. The van der Waals surface area contributed by atoms with Gasteiger partial charge >= 0.3 is 0 Å². The fourth-order valence-corrected chi connectivity index (χ4v) is 2.39. The second-order valence-corrected chi connectivity index (χ2v) is 7.07. The van der Waals surface area contributed by atoms with Crippen LogP contribution in [-0.4, -0.2) is 36.5 Å². The maximum atomic E-state index is 12.4. The van der Waals surface area contributed by atoms with Gasteiger partial charge in [-0.3, -0.25) is 4.79 Å². The highest BCUT2D eigenvalue weighted by Gasteiger charge is 2.38. The first-order valence-corrected chi connectivity index (χ1v) is 7.72. The van der Waals surface area contributed by atoms with Crippen LogP contribution in [0.2, 0.25) is 0 Å². The van der Waals surface area contributed by atoms with E-state index in [4.69, 9.17) is 0 Å². The van der Waals surface area contributed by atoms with E-state index in [-0.39, 0.29) is 16.1 Å². The van der Waals surface area contributed by atoms with Crippen LogP contribution in [0.1, 0.15) is 40.0 Å². The Morgan fingerprint density at radius 2 is 2.24 bits per heavy atom. The maximum Gasteiger partial charge on any atom is 0.227 e. The predicted molar refractivity (Wildman–Crippen MR) is 75.4 cm³/mol. The molecular formula is C13H26N2OS. The second kappa shape index (κ2) is 6.10. The Kier molecular flexibility index (Phi) is 5.32. The summed E-state index contributed by atoms with van der Waals surface area (Å²) in [6, 6.07) is 0. The molecule has 1 rings (SSSR count). The molecule has 0 spiro atoms. The molecule has 1 aliphatic rings. The summed E-state index contributed by atoms with van der Waals surface area (Å²) >= 11 is 1.79. The highest BCUT2D eigenvalue weighted by atomic mass is 32.2. The molecule has 1 fully saturated rings. The summed E-state index contributed by atoms with van der Waals surface area (Å²) in [6.07, 6.45) is 5.13. The number of hydrogen-bond donors (Lipinski definition) is 2. The van der Waals surface area contributed by atoms with E-state index in [2.05, 4.69) is 37.7 Å². The quantitative estimate of drug-likeness (QED) is 0.793. The normalized spacial score (nSPS) is 25.6. The Morgan fingerprint density at radius 3 is 2.71 bits per heavy atom. The van der Waals surface area contributed by atoms with E-state index in [1.54, 1.807) is 11.8 Å². The number of hydrogen-bond acceptors (Lipinski definition) is 3. The highest BCUT2D eigenvalue weighted by Crippen LogP contribution is 2.30. The first-order chi connectivity index (χ1) is 7.96. The Hall–Kier alpha value is -0.220. The smallest absolute Gasteiger partial charge is 0.227 e. The maximum absolute atomic E-state index is 12.4. The van der Waals surface area contributed by atoms with Crippen molar-refractivity contribution in [2.75, 3.05) is 25.9 Å². The molecule has 0 aromatic heterocycles. The lowest BCUT2D eigenvalue weighted by Crippen LogP contribution is -2.52. The fourth-order valence-electron chi connectivity index (χ4n) is 2.18. The van der Waals surface area contributed by atoms with Gasteiger partial charge in [-0.15, -0.1) is 0 Å². The zero-order valence-corrected chi connectivity index (χ0v) is 12.4. The second-order valence-electron chi connectivity index (χ2n) is 5.56. The predicted octanol–water partition coefficient (Wildman–Crippen LogP) is 2.02. The number of piperidine rings is 1. The molecule has 1 aliphatic heterocycles. The van der Waals surface area contributed by atoms with Crippen molar-refractivity contribution < 1.29 is 4.79 Å². The first-order valence-electron chi connectivity index (χ1n) is 6.50. The number of carbonyl (C=O) groups is 1. The summed E-state index contributed by atoms with van der Waals surface area (Å²) in [5.74, 6) is 0.231. The van der Waals surface area contributed by atoms with E-state index in [9.17, 15) is 4.79 Å². The molecule has 1 heterocycles. The van der Waals surface area contributed by atoms with Crippen LogP contribution in [-0.2, 0) is 4.79 Å². The van der Waals surface area contributed by atoms with E-state index < -0.39 is 0 Å². The monoisotopic (exact) mass is 258 g/mol. The van der Waals surface area contributed by atoms with Gasteiger partial charge in [0, 0.05) is 17.8 Å². The Balaban J connectivity index is 2.55. The molecule has 2 N–H and O–H groups in total. The highest BCUT2D eigenvalue weighted by molar-refractivity contribution is 7.99. The lowest BCUT2D eigenvalue weighted by atomic mass is 9.77. The summed E-state index contributed by atoms with van der Waals surface area (Å²) in [7, 11) is 0. The molecule has 1 unspecified atom stereocenters.